The molecule has 1 fully saturated rings. The Balaban J connectivity index is 1.24. The summed E-state index contributed by atoms with van der Waals surface area (Å²) in [6, 6.07) is 3.65. The molecule has 0 aromatic carbocycles. The quantitative estimate of drug-likeness (QED) is 0.825. The van der Waals surface area contributed by atoms with E-state index in [4.69, 9.17) is 4.52 Å². The molecule has 24 heavy (non-hydrogen) atoms. The second-order valence-corrected chi connectivity index (χ2v) is 6.59. The molecule has 2 heterocycles. The number of hydrogen-bond acceptors (Lipinski definition) is 5. The Hall–Kier alpha value is -2.50. The van der Waals surface area contributed by atoms with Gasteiger partial charge in [0.25, 0.3) is 0 Å². The van der Waals surface area contributed by atoms with Crippen molar-refractivity contribution in [3.8, 4) is 11.4 Å². The van der Waals surface area contributed by atoms with Crippen molar-refractivity contribution in [2.75, 3.05) is 6.54 Å². The smallest absolute Gasteiger partial charge is 0.227 e. The van der Waals surface area contributed by atoms with E-state index in [0.29, 0.717) is 36.4 Å². The molecule has 4 rings (SSSR count). The van der Waals surface area contributed by atoms with Gasteiger partial charge in [0.1, 0.15) is 0 Å². The van der Waals surface area contributed by atoms with Crippen LogP contribution in [0.1, 0.15) is 25.2 Å². The number of rotatable bonds is 6. The number of allylic oxidation sites excluding steroid dienone is 2. The highest BCUT2D eigenvalue weighted by Gasteiger charge is 2.35. The molecular formula is C18H20N4O2. The number of carbonyl (C=O) groups excluding carboxylic acids is 1. The molecule has 1 saturated carbocycles. The maximum absolute atomic E-state index is 12.0. The normalized spacial score (nSPS) is 24.4. The molecule has 2 aliphatic carbocycles. The molecule has 1 amide bonds. The van der Waals surface area contributed by atoms with Gasteiger partial charge in [-0.15, -0.1) is 0 Å². The summed E-state index contributed by atoms with van der Waals surface area (Å²) in [4.78, 5) is 20.3. The van der Waals surface area contributed by atoms with Gasteiger partial charge in [-0.05, 0) is 42.7 Å². The number of nitrogens with one attached hydrogen (secondary N) is 1. The van der Waals surface area contributed by atoms with Crippen LogP contribution >= 0.6 is 0 Å². The lowest BCUT2D eigenvalue weighted by Crippen LogP contribution is -2.31. The van der Waals surface area contributed by atoms with Crippen LogP contribution in [0.2, 0.25) is 0 Å². The second-order valence-electron chi connectivity index (χ2n) is 6.59. The van der Waals surface area contributed by atoms with Crippen LogP contribution in [0, 0.1) is 17.8 Å². The van der Waals surface area contributed by atoms with Crippen molar-refractivity contribution in [2.24, 2.45) is 17.8 Å². The summed E-state index contributed by atoms with van der Waals surface area (Å²) in [6.45, 7) is 0.774. The molecule has 2 aromatic rings. The summed E-state index contributed by atoms with van der Waals surface area (Å²) in [5.41, 5.74) is 0.855. The van der Waals surface area contributed by atoms with E-state index in [1.807, 2.05) is 12.1 Å². The third-order valence-corrected chi connectivity index (χ3v) is 4.95. The zero-order valence-electron chi connectivity index (χ0n) is 13.4. The van der Waals surface area contributed by atoms with Crippen LogP contribution in [0.4, 0.5) is 0 Å². The van der Waals surface area contributed by atoms with Gasteiger partial charge in [-0.2, -0.15) is 4.98 Å². The van der Waals surface area contributed by atoms with Crippen LogP contribution in [-0.2, 0) is 11.2 Å². The number of fused-ring (bicyclic) bond motifs is 2. The number of hydrogen-bond donors (Lipinski definition) is 1. The zero-order chi connectivity index (χ0) is 16.4. The summed E-state index contributed by atoms with van der Waals surface area (Å²) in [5.74, 6) is 3.06. The van der Waals surface area contributed by atoms with Crippen LogP contribution in [0.25, 0.3) is 11.4 Å². The monoisotopic (exact) mass is 324 g/mol. The molecule has 0 spiro atoms. The van der Waals surface area contributed by atoms with Crippen molar-refractivity contribution >= 4 is 5.91 Å². The number of amides is 1. The van der Waals surface area contributed by atoms with Gasteiger partial charge < -0.3 is 9.84 Å². The van der Waals surface area contributed by atoms with Crippen molar-refractivity contribution in [1.82, 2.24) is 20.4 Å². The minimum Gasteiger partial charge on any atom is -0.356 e. The molecule has 6 heteroatoms. The molecule has 0 aliphatic heterocycles. The molecule has 124 valence electrons. The summed E-state index contributed by atoms with van der Waals surface area (Å²) in [6.07, 6.45) is 11.3. The highest BCUT2D eigenvalue weighted by atomic mass is 16.5. The van der Waals surface area contributed by atoms with E-state index >= 15 is 0 Å². The highest BCUT2D eigenvalue weighted by Crippen LogP contribution is 2.42. The fourth-order valence-corrected chi connectivity index (χ4v) is 3.66. The van der Waals surface area contributed by atoms with Crippen LogP contribution in [0.3, 0.4) is 0 Å². The first-order valence-electron chi connectivity index (χ1n) is 8.46. The number of pyridine rings is 1. The molecule has 2 aromatic heterocycles. The third kappa shape index (κ3) is 3.22. The number of carbonyl (C=O) groups is 1. The molecular weight excluding hydrogens is 304 g/mol. The van der Waals surface area contributed by atoms with Gasteiger partial charge in [0.2, 0.25) is 17.6 Å². The first kappa shape index (κ1) is 15.1. The Morgan fingerprint density at radius 1 is 1.25 bits per heavy atom. The standard InChI is InChI=1S/C18H20N4O2/c23-16(20-11-15-10-12-1-2-14(15)9-12)3-4-17-21-18(22-24-17)13-5-7-19-8-6-13/h1-2,5-8,12,14-15H,3-4,9-11H2,(H,20,23)/t12-,14-,15+/m1/s1. The number of aryl methyl sites for hydroxylation is 1. The van der Waals surface area contributed by atoms with Gasteiger partial charge in [-0.1, -0.05) is 17.3 Å². The van der Waals surface area contributed by atoms with Gasteiger partial charge in [0, 0.05) is 37.3 Å². The lowest BCUT2D eigenvalue weighted by Gasteiger charge is -2.18. The van der Waals surface area contributed by atoms with E-state index in [1.54, 1.807) is 12.4 Å². The molecule has 6 nitrogen and oxygen atoms in total. The second kappa shape index (κ2) is 6.55. The largest absolute Gasteiger partial charge is 0.356 e. The van der Waals surface area contributed by atoms with Gasteiger partial charge in [0.05, 0.1) is 0 Å². The predicted molar refractivity (Wildman–Crippen MR) is 87.7 cm³/mol. The average molecular weight is 324 g/mol. The Morgan fingerprint density at radius 2 is 2.12 bits per heavy atom. The van der Waals surface area contributed by atoms with Crippen molar-refractivity contribution < 1.29 is 9.32 Å². The molecule has 2 aliphatic rings. The average Bonchev–Trinajstić information content (AvgIpc) is 3.35. The maximum Gasteiger partial charge on any atom is 0.227 e. The summed E-state index contributed by atoms with van der Waals surface area (Å²) >= 11 is 0. The Morgan fingerprint density at radius 3 is 2.88 bits per heavy atom. The highest BCUT2D eigenvalue weighted by molar-refractivity contribution is 5.76. The zero-order valence-corrected chi connectivity index (χ0v) is 13.4. The third-order valence-electron chi connectivity index (χ3n) is 4.95. The molecule has 0 radical (unpaired) electrons. The number of aromatic nitrogens is 3. The summed E-state index contributed by atoms with van der Waals surface area (Å²) in [7, 11) is 0. The van der Waals surface area contributed by atoms with Gasteiger partial charge in [0.15, 0.2) is 0 Å². The first-order chi connectivity index (χ1) is 11.8. The Kier molecular flexibility index (Phi) is 4.11. The first-order valence-corrected chi connectivity index (χ1v) is 8.46. The van der Waals surface area contributed by atoms with Crippen LogP contribution in [-0.4, -0.2) is 27.6 Å². The van der Waals surface area contributed by atoms with E-state index in [-0.39, 0.29) is 5.91 Å². The Bertz CT molecular complexity index is 740. The maximum atomic E-state index is 12.0. The lowest BCUT2D eigenvalue weighted by molar-refractivity contribution is -0.121. The number of nitrogens with zero attached hydrogens (tertiary/aromatic N) is 3. The van der Waals surface area contributed by atoms with E-state index in [9.17, 15) is 4.79 Å². The molecule has 3 atom stereocenters. The van der Waals surface area contributed by atoms with E-state index in [0.717, 1.165) is 18.0 Å². The van der Waals surface area contributed by atoms with Gasteiger partial charge in [-0.3, -0.25) is 9.78 Å². The molecule has 2 bridgehead atoms. The fourth-order valence-electron chi connectivity index (χ4n) is 3.66. The van der Waals surface area contributed by atoms with Crippen LogP contribution < -0.4 is 5.32 Å². The molecule has 0 unspecified atom stereocenters. The molecule has 0 saturated heterocycles. The van der Waals surface area contributed by atoms with Crippen molar-refractivity contribution in [3.63, 3.8) is 0 Å². The van der Waals surface area contributed by atoms with Crippen LogP contribution in [0.15, 0.2) is 41.2 Å². The van der Waals surface area contributed by atoms with E-state index in [2.05, 4.69) is 32.6 Å². The van der Waals surface area contributed by atoms with Gasteiger partial charge in [-0.25, -0.2) is 0 Å². The Labute approximate surface area is 140 Å². The van der Waals surface area contributed by atoms with E-state index in [1.165, 1.54) is 12.8 Å². The fraction of sp³-hybridized carbons (Fsp3) is 0.444. The van der Waals surface area contributed by atoms with Crippen molar-refractivity contribution in [2.45, 2.75) is 25.7 Å². The van der Waals surface area contributed by atoms with Crippen molar-refractivity contribution in [1.29, 1.82) is 0 Å². The van der Waals surface area contributed by atoms with Gasteiger partial charge >= 0.3 is 0 Å². The van der Waals surface area contributed by atoms with Crippen molar-refractivity contribution in [3.05, 3.63) is 42.6 Å². The SMILES string of the molecule is O=C(CCc1nc(-c2ccncc2)no1)NC[C@@H]1C[C@@H]2C=C[C@@H]1C2. The lowest BCUT2D eigenvalue weighted by atomic mass is 9.93. The van der Waals surface area contributed by atoms with E-state index < -0.39 is 0 Å². The summed E-state index contributed by atoms with van der Waals surface area (Å²) in [5, 5.41) is 6.99. The topological polar surface area (TPSA) is 80.9 Å². The van der Waals surface area contributed by atoms with Crippen LogP contribution in [0.5, 0.6) is 0 Å². The summed E-state index contributed by atoms with van der Waals surface area (Å²) < 4.78 is 5.22. The minimum absolute atomic E-state index is 0.0467. The predicted octanol–water partition coefficient (Wildman–Crippen LogP) is 2.39. The minimum atomic E-state index is 0.0467. The molecule has 1 N–H and O–H groups in total.